The van der Waals surface area contributed by atoms with Crippen molar-refractivity contribution in [1.82, 2.24) is 9.80 Å². The molecule has 1 atom stereocenters. The molecule has 32 heavy (non-hydrogen) atoms. The van der Waals surface area contributed by atoms with Crippen LogP contribution in [0.3, 0.4) is 0 Å². The number of nitrogens with two attached hydrogens (primary N) is 1. The molecule has 2 aromatic rings. The average molecular weight is 436 g/mol. The second kappa shape index (κ2) is 8.65. The Kier molecular flexibility index (Phi) is 5.91. The van der Waals surface area contributed by atoms with Crippen molar-refractivity contribution in [3.63, 3.8) is 0 Å². The molecule has 168 valence electrons. The van der Waals surface area contributed by atoms with Crippen molar-refractivity contribution in [1.29, 1.82) is 0 Å². The average Bonchev–Trinajstić information content (AvgIpc) is 3.26. The topological polar surface area (TPSA) is 92.9 Å². The lowest BCUT2D eigenvalue weighted by Gasteiger charge is -2.31. The van der Waals surface area contributed by atoms with Gasteiger partial charge < -0.3 is 15.4 Å². The zero-order valence-electron chi connectivity index (χ0n) is 18.5. The quantitative estimate of drug-likeness (QED) is 0.671. The van der Waals surface area contributed by atoms with E-state index in [2.05, 4.69) is 0 Å². The number of benzene rings is 2. The summed E-state index contributed by atoms with van der Waals surface area (Å²) < 4.78 is 5.64. The van der Waals surface area contributed by atoms with E-state index in [9.17, 15) is 14.4 Å². The first-order valence-electron chi connectivity index (χ1n) is 11.2. The second-order valence-corrected chi connectivity index (χ2v) is 8.48. The number of rotatable bonds is 7. The van der Waals surface area contributed by atoms with Gasteiger partial charge in [-0.3, -0.25) is 9.59 Å². The monoisotopic (exact) mass is 435 g/mol. The maximum Gasteiger partial charge on any atom is 0.418 e. The predicted octanol–water partition coefficient (Wildman–Crippen LogP) is 3.61. The molecule has 2 N–H and O–H groups in total. The Hall–Kier alpha value is -3.35. The summed E-state index contributed by atoms with van der Waals surface area (Å²) in [5.74, 6) is -0.732. The van der Waals surface area contributed by atoms with E-state index in [0.717, 1.165) is 28.9 Å². The van der Waals surface area contributed by atoms with Crippen LogP contribution < -0.4 is 5.73 Å². The number of anilines is 1. The highest BCUT2D eigenvalue weighted by atomic mass is 16.6. The number of aryl methyl sites for hydroxylation is 1. The molecule has 0 aromatic heterocycles. The van der Waals surface area contributed by atoms with Crippen LogP contribution in [0, 0.1) is 0 Å². The molecule has 0 radical (unpaired) electrons. The highest BCUT2D eigenvalue weighted by Gasteiger charge is 2.58. The number of hydrogen-bond acceptors (Lipinski definition) is 5. The Balaban J connectivity index is 1.57. The molecular weight excluding hydrogens is 406 g/mol. The van der Waals surface area contributed by atoms with E-state index in [4.69, 9.17) is 10.5 Å². The lowest BCUT2D eigenvalue weighted by Crippen LogP contribution is -2.47. The number of imide groups is 1. The maximum atomic E-state index is 13.4. The second-order valence-electron chi connectivity index (χ2n) is 8.48. The molecule has 1 heterocycles. The number of hydrogen-bond donors (Lipinski definition) is 1. The van der Waals surface area contributed by atoms with Crippen molar-refractivity contribution in [2.24, 2.45) is 0 Å². The number of amides is 3. The molecule has 3 amide bonds. The maximum absolute atomic E-state index is 13.4. The van der Waals surface area contributed by atoms with E-state index in [1.54, 1.807) is 17.0 Å². The van der Waals surface area contributed by atoms with Gasteiger partial charge in [0.15, 0.2) is 0 Å². The molecule has 2 aromatic carbocycles. The van der Waals surface area contributed by atoms with Crippen LogP contribution in [-0.2, 0) is 32.9 Å². The number of fused-ring (bicyclic) bond motifs is 2. The van der Waals surface area contributed by atoms with Crippen LogP contribution in [-0.4, -0.2) is 40.3 Å². The minimum absolute atomic E-state index is 0.0144. The summed E-state index contributed by atoms with van der Waals surface area (Å²) in [6.07, 6.45) is 1.76. The first kappa shape index (κ1) is 21.9. The summed E-state index contributed by atoms with van der Waals surface area (Å²) in [6.45, 7) is 4.17. The Morgan fingerprint density at radius 2 is 1.88 bits per heavy atom. The smallest absolute Gasteiger partial charge is 0.418 e. The fraction of sp³-hybridized carbons (Fsp3) is 0.400. The van der Waals surface area contributed by atoms with Gasteiger partial charge in [-0.2, -0.15) is 0 Å². The van der Waals surface area contributed by atoms with E-state index in [1.807, 2.05) is 50.2 Å². The molecule has 1 fully saturated rings. The summed E-state index contributed by atoms with van der Waals surface area (Å²) in [5, 5.41) is 0. The van der Waals surface area contributed by atoms with E-state index in [1.165, 1.54) is 0 Å². The minimum atomic E-state index is -1.35. The molecule has 1 unspecified atom stereocenters. The highest BCUT2D eigenvalue weighted by Crippen LogP contribution is 2.45. The van der Waals surface area contributed by atoms with Gasteiger partial charge in [0.1, 0.15) is 6.54 Å². The third-order valence-corrected chi connectivity index (χ3v) is 6.58. The van der Waals surface area contributed by atoms with Crippen LogP contribution in [0.15, 0.2) is 48.5 Å². The summed E-state index contributed by atoms with van der Waals surface area (Å²) in [6, 6.07) is 15.0. The number of carbonyl (C=O) groups is 3. The van der Waals surface area contributed by atoms with Gasteiger partial charge in [-0.15, -0.1) is 0 Å². The van der Waals surface area contributed by atoms with Gasteiger partial charge in [0.2, 0.25) is 11.5 Å². The first-order chi connectivity index (χ1) is 15.4. The van der Waals surface area contributed by atoms with Gasteiger partial charge in [0.05, 0.1) is 0 Å². The summed E-state index contributed by atoms with van der Waals surface area (Å²) in [4.78, 5) is 42.2. The SMILES string of the molecule is CCC(CC)N(Cc1ccccc1)C(=O)CN1C(=O)OC2(CCc3cc(N)ccc32)C1=O. The fourth-order valence-electron chi connectivity index (χ4n) is 4.83. The third kappa shape index (κ3) is 3.72. The minimum Gasteiger partial charge on any atom is -0.427 e. The number of carbonyl (C=O) groups excluding carboxylic acids is 3. The van der Waals surface area contributed by atoms with Gasteiger partial charge in [-0.1, -0.05) is 50.2 Å². The van der Waals surface area contributed by atoms with E-state index in [-0.39, 0.29) is 18.5 Å². The van der Waals surface area contributed by atoms with Crippen LogP contribution in [0.2, 0.25) is 0 Å². The Bertz CT molecular complexity index is 1030. The highest BCUT2D eigenvalue weighted by molar-refractivity contribution is 6.06. The van der Waals surface area contributed by atoms with Gasteiger partial charge in [0.25, 0.3) is 5.91 Å². The van der Waals surface area contributed by atoms with Crippen molar-refractivity contribution in [3.05, 3.63) is 65.2 Å². The standard InChI is InChI=1S/C25H29N3O4/c1-3-20(4-2)27(15-17-8-6-5-7-9-17)22(29)16-28-23(30)25(32-24(28)31)13-12-18-14-19(26)10-11-21(18)25/h5-11,14,20H,3-4,12-13,15-16,26H2,1-2H3. The van der Waals surface area contributed by atoms with Crippen LogP contribution in [0.1, 0.15) is 49.8 Å². The zero-order chi connectivity index (χ0) is 22.9. The van der Waals surface area contributed by atoms with E-state index >= 15 is 0 Å². The molecule has 1 saturated heterocycles. The van der Waals surface area contributed by atoms with Gasteiger partial charge >= 0.3 is 6.09 Å². The van der Waals surface area contributed by atoms with Crippen LogP contribution in [0.4, 0.5) is 10.5 Å². The van der Waals surface area contributed by atoms with Crippen molar-refractivity contribution in [3.8, 4) is 0 Å². The first-order valence-corrected chi connectivity index (χ1v) is 11.2. The molecule has 0 bridgehead atoms. The molecule has 1 aliphatic carbocycles. The lowest BCUT2D eigenvalue weighted by molar-refractivity contribution is -0.143. The Labute approximate surface area is 188 Å². The molecule has 1 spiro atoms. The van der Waals surface area contributed by atoms with E-state index in [0.29, 0.717) is 30.6 Å². The van der Waals surface area contributed by atoms with Crippen LogP contribution in [0.5, 0.6) is 0 Å². The van der Waals surface area contributed by atoms with Crippen molar-refractivity contribution >= 4 is 23.6 Å². The normalized spacial score (nSPS) is 19.5. The molecule has 4 rings (SSSR count). The van der Waals surface area contributed by atoms with Crippen LogP contribution >= 0.6 is 0 Å². The summed E-state index contributed by atoms with van der Waals surface area (Å²) >= 11 is 0. The molecule has 0 saturated carbocycles. The summed E-state index contributed by atoms with van der Waals surface area (Å²) in [7, 11) is 0. The van der Waals surface area contributed by atoms with Crippen molar-refractivity contribution in [2.45, 2.75) is 57.7 Å². The lowest BCUT2D eigenvalue weighted by atomic mass is 9.94. The van der Waals surface area contributed by atoms with Gasteiger partial charge in [0, 0.05) is 30.3 Å². The Morgan fingerprint density at radius 3 is 2.56 bits per heavy atom. The van der Waals surface area contributed by atoms with Crippen molar-refractivity contribution in [2.75, 3.05) is 12.3 Å². The molecule has 7 nitrogen and oxygen atoms in total. The largest absolute Gasteiger partial charge is 0.427 e. The van der Waals surface area contributed by atoms with Crippen molar-refractivity contribution < 1.29 is 19.1 Å². The molecule has 2 aliphatic rings. The number of ether oxygens (including phenoxy) is 1. The zero-order valence-corrected chi connectivity index (χ0v) is 18.5. The van der Waals surface area contributed by atoms with E-state index < -0.39 is 17.6 Å². The Morgan fingerprint density at radius 1 is 1.16 bits per heavy atom. The van der Waals surface area contributed by atoms with Gasteiger partial charge in [-0.05, 0) is 42.5 Å². The number of nitrogens with zero attached hydrogens (tertiary/aromatic N) is 2. The third-order valence-electron chi connectivity index (χ3n) is 6.58. The molecular formula is C25H29N3O4. The van der Waals surface area contributed by atoms with Crippen LogP contribution in [0.25, 0.3) is 0 Å². The van der Waals surface area contributed by atoms with Gasteiger partial charge in [-0.25, -0.2) is 9.69 Å². The number of nitrogen functional groups attached to an aromatic ring is 1. The fourth-order valence-corrected chi connectivity index (χ4v) is 4.83. The molecule has 1 aliphatic heterocycles. The summed E-state index contributed by atoms with van der Waals surface area (Å²) in [5.41, 5.74) is 7.70. The predicted molar refractivity (Wildman–Crippen MR) is 120 cm³/mol. The molecule has 7 heteroatoms.